The maximum atomic E-state index is 12.7. The molecule has 0 fully saturated rings. The van der Waals surface area contributed by atoms with Gasteiger partial charge in [0.15, 0.2) is 5.65 Å². The summed E-state index contributed by atoms with van der Waals surface area (Å²) >= 11 is 0. The molecular weight excluding hydrogens is 260 g/mol. The molecule has 2 aromatic heterocycles. The number of hydrogen-bond donors (Lipinski definition) is 1. The number of rotatable bonds is 4. The molecule has 0 aliphatic heterocycles. The fourth-order valence-electron chi connectivity index (χ4n) is 1.48. The van der Waals surface area contributed by atoms with Gasteiger partial charge in [-0.05, 0) is 19.1 Å². The topological polar surface area (TPSA) is 83.6 Å². The molecule has 0 amide bonds. The lowest BCUT2D eigenvalue weighted by molar-refractivity contribution is -0.138. The first kappa shape index (κ1) is 13.1. The fourth-order valence-corrected chi connectivity index (χ4v) is 1.48. The van der Waals surface area contributed by atoms with Gasteiger partial charge >= 0.3 is 5.97 Å². The van der Waals surface area contributed by atoms with Gasteiger partial charge in [0.05, 0.1) is 0 Å². The highest BCUT2D eigenvalue weighted by atomic mass is 19.3. The largest absolute Gasteiger partial charge is 0.480 e. The quantitative estimate of drug-likeness (QED) is 0.892. The Kier molecular flexibility index (Phi) is 3.28. The Morgan fingerprint density at radius 2 is 2.11 bits per heavy atom. The van der Waals surface area contributed by atoms with E-state index in [1.54, 1.807) is 0 Å². The van der Waals surface area contributed by atoms with Crippen molar-refractivity contribution >= 4 is 17.4 Å². The van der Waals surface area contributed by atoms with E-state index in [0.29, 0.717) is 0 Å². The Hall–Kier alpha value is -2.32. The fraction of sp³-hybridized carbons (Fsp3) is 0.400. The van der Waals surface area contributed by atoms with Crippen molar-refractivity contribution in [3.63, 3.8) is 0 Å². The normalized spacial score (nSPS) is 12.9. The highest BCUT2D eigenvalue weighted by Gasteiger charge is 2.21. The van der Waals surface area contributed by atoms with Gasteiger partial charge in [-0.3, -0.25) is 0 Å². The van der Waals surface area contributed by atoms with E-state index >= 15 is 0 Å². The van der Waals surface area contributed by atoms with E-state index in [1.165, 1.54) is 31.0 Å². The minimum absolute atomic E-state index is 0.176. The molecule has 0 bridgehead atoms. The van der Waals surface area contributed by atoms with Crippen LogP contribution in [0.2, 0.25) is 0 Å². The van der Waals surface area contributed by atoms with Crippen LogP contribution in [0.4, 0.5) is 14.6 Å². The van der Waals surface area contributed by atoms with Crippen LogP contribution < -0.4 is 4.90 Å². The number of hydrogen-bond acceptors (Lipinski definition) is 5. The second kappa shape index (κ2) is 4.75. The molecular formula is C10H11F2N5O2. The molecule has 0 aliphatic rings. The van der Waals surface area contributed by atoms with Crippen molar-refractivity contribution in [3.05, 3.63) is 18.0 Å². The van der Waals surface area contributed by atoms with E-state index < -0.39 is 24.3 Å². The third kappa shape index (κ3) is 2.30. The number of nitrogens with zero attached hydrogens (tertiary/aromatic N) is 5. The van der Waals surface area contributed by atoms with Gasteiger partial charge in [-0.1, -0.05) is 0 Å². The van der Waals surface area contributed by atoms with Crippen molar-refractivity contribution in [3.8, 4) is 0 Å². The van der Waals surface area contributed by atoms with Crippen LogP contribution in [0.15, 0.2) is 12.1 Å². The highest BCUT2D eigenvalue weighted by Crippen LogP contribution is 2.19. The Morgan fingerprint density at radius 1 is 1.42 bits per heavy atom. The second-order valence-corrected chi connectivity index (χ2v) is 3.95. The van der Waals surface area contributed by atoms with Gasteiger partial charge in [-0.2, -0.15) is 4.52 Å². The molecule has 0 spiro atoms. The Labute approximate surface area is 106 Å². The minimum Gasteiger partial charge on any atom is -0.480 e. The molecule has 19 heavy (non-hydrogen) atoms. The van der Waals surface area contributed by atoms with E-state index in [1.807, 2.05) is 0 Å². The van der Waals surface area contributed by atoms with Crippen molar-refractivity contribution in [2.45, 2.75) is 19.4 Å². The van der Waals surface area contributed by atoms with Crippen LogP contribution in [0.25, 0.3) is 5.65 Å². The predicted molar refractivity (Wildman–Crippen MR) is 61.2 cm³/mol. The smallest absolute Gasteiger partial charge is 0.326 e. The van der Waals surface area contributed by atoms with Crippen molar-refractivity contribution in [2.24, 2.45) is 0 Å². The Morgan fingerprint density at radius 3 is 2.68 bits per heavy atom. The zero-order valence-electron chi connectivity index (χ0n) is 10.2. The zero-order valence-corrected chi connectivity index (χ0v) is 10.2. The number of aromatic nitrogens is 4. The molecule has 0 saturated carbocycles. The van der Waals surface area contributed by atoms with E-state index in [-0.39, 0.29) is 11.5 Å². The first-order valence-corrected chi connectivity index (χ1v) is 5.38. The second-order valence-electron chi connectivity index (χ2n) is 3.95. The number of anilines is 1. The lowest BCUT2D eigenvalue weighted by Crippen LogP contribution is -2.36. The number of carbonyl (C=O) groups is 1. The van der Waals surface area contributed by atoms with Crippen LogP contribution >= 0.6 is 0 Å². The van der Waals surface area contributed by atoms with Gasteiger partial charge in [0.25, 0.3) is 6.43 Å². The van der Waals surface area contributed by atoms with Gasteiger partial charge in [-0.15, -0.1) is 15.3 Å². The summed E-state index contributed by atoms with van der Waals surface area (Å²) < 4.78 is 26.3. The van der Waals surface area contributed by atoms with E-state index in [9.17, 15) is 13.6 Å². The summed E-state index contributed by atoms with van der Waals surface area (Å²) in [4.78, 5) is 12.2. The Balaban J connectivity index is 2.45. The lowest BCUT2D eigenvalue weighted by Gasteiger charge is -2.22. The van der Waals surface area contributed by atoms with Crippen LogP contribution in [-0.4, -0.2) is 44.0 Å². The van der Waals surface area contributed by atoms with Gasteiger partial charge in [0.2, 0.25) is 5.82 Å². The molecule has 2 heterocycles. The van der Waals surface area contributed by atoms with Crippen molar-refractivity contribution in [1.29, 1.82) is 0 Å². The van der Waals surface area contributed by atoms with Crippen LogP contribution in [0, 0.1) is 0 Å². The number of aliphatic carboxylic acids is 1. The lowest BCUT2D eigenvalue weighted by atomic mass is 10.3. The SMILES string of the molecule is CC(C(=O)O)N(C)c1ccc2nnc(C(F)F)n2n1. The van der Waals surface area contributed by atoms with E-state index in [0.717, 1.165) is 4.52 Å². The van der Waals surface area contributed by atoms with Crippen molar-refractivity contribution in [1.82, 2.24) is 19.8 Å². The van der Waals surface area contributed by atoms with Gasteiger partial charge in [0, 0.05) is 7.05 Å². The van der Waals surface area contributed by atoms with Crippen LogP contribution in [0.5, 0.6) is 0 Å². The highest BCUT2D eigenvalue weighted by molar-refractivity contribution is 5.76. The summed E-state index contributed by atoms with van der Waals surface area (Å²) in [5.74, 6) is -1.38. The molecule has 0 aliphatic carbocycles. The van der Waals surface area contributed by atoms with Crippen molar-refractivity contribution < 1.29 is 18.7 Å². The summed E-state index contributed by atoms with van der Waals surface area (Å²) in [7, 11) is 1.51. The molecule has 0 radical (unpaired) electrons. The van der Waals surface area contributed by atoms with E-state index in [2.05, 4.69) is 15.3 Å². The summed E-state index contributed by atoms with van der Waals surface area (Å²) in [5.41, 5.74) is 0.176. The maximum absolute atomic E-state index is 12.7. The number of alkyl halides is 2. The van der Waals surface area contributed by atoms with Crippen LogP contribution in [-0.2, 0) is 4.79 Å². The third-order valence-electron chi connectivity index (χ3n) is 2.77. The number of likely N-dealkylation sites (N-methyl/N-ethyl adjacent to an activating group) is 1. The average molecular weight is 271 g/mol. The van der Waals surface area contributed by atoms with Gasteiger partial charge < -0.3 is 10.0 Å². The van der Waals surface area contributed by atoms with Gasteiger partial charge in [0.1, 0.15) is 11.9 Å². The number of carboxylic acid groups (broad SMARTS) is 1. The number of halogens is 2. The summed E-state index contributed by atoms with van der Waals surface area (Å²) in [6.45, 7) is 1.47. The monoisotopic (exact) mass is 271 g/mol. The first-order valence-electron chi connectivity index (χ1n) is 5.38. The molecule has 2 rings (SSSR count). The summed E-state index contributed by atoms with van der Waals surface area (Å²) in [6, 6.07) is 2.11. The van der Waals surface area contributed by atoms with Crippen LogP contribution in [0.3, 0.4) is 0 Å². The molecule has 1 N–H and O–H groups in total. The van der Waals surface area contributed by atoms with Crippen molar-refractivity contribution in [2.75, 3.05) is 11.9 Å². The third-order valence-corrected chi connectivity index (χ3v) is 2.77. The first-order chi connectivity index (χ1) is 8.91. The molecule has 1 atom stereocenters. The minimum atomic E-state index is -2.81. The van der Waals surface area contributed by atoms with Gasteiger partial charge in [-0.25, -0.2) is 13.6 Å². The number of carboxylic acids is 1. The Bertz CT molecular complexity index is 615. The average Bonchev–Trinajstić information content (AvgIpc) is 2.79. The summed E-state index contributed by atoms with van der Waals surface area (Å²) in [5, 5.41) is 19.7. The molecule has 0 saturated heterocycles. The zero-order chi connectivity index (χ0) is 14.2. The molecule has 0 aromatic carbocycles. The summed E-state index contributed by atoms with van der Waals surface area (Å²) in [6.07, 6.45) is -2.81. The van der Waals surface area contributed by atoms with Crippen LogP contribution in [0.1, 0.15) is 19.2 Å². The number of fused-ring (bicyclic) bond motifs is 1. The predicted octanol–water partition coefficient (Wildman–Crippen LogP) is 0.971. The maximum Gasteiger partial charge on any atom is 0.326 e. The standard InChI is InChI=1S/C10H11F2N5O2/c1-5(10(18)19)16(2)7-4-3-6-13-14-9(8(11)12)17(6)15-7/h3-5,8H,1-2H3,(H,18,19). The molecule has 1 unspecified atom stereocenters. The van der Waals surface area contributed by atoms with E-state index in [4.69, 9.17) is 5.11 Å². The molecule has 7 nitrogen and oxygen atoms in total. The molecule has 9 heteroatoms. The molecule has 102 valence electrons. The molecule has 2 aromatic rings.